The summed E-state index contributed by atoms with van der Waals surface area (Å²) >= 11 is 0. The standard InChI is InChI=1S/C7H12N2O4/c10-2-3-1-7(8-9-7)6(13)5(12)4(3)11/h3-6,10-13H,1-2H2/t3-,4-,5+,6-/m1/s1. The van der Waals surface area contributed by atoms with Crippen molar-refractivity contribution in [1.29, 1.82) is 0 Å². The van der Waals surface area contributed by atoms with Crippen LogP contribution in [-0.2, 0) is 0 Å². The average Bonchev–Trinajstić information content (AvgIpc) is 2.90. The van der Waals surface area contributed by atoms with Crippen molar-refractivity contribution < 1.29 is 20.4 Å². The molecule has 0 amide bonds. The van der Waals surface area contributed by atoms with E-state index in [0.717, 1.165) is 0 Å². The van der Waals surface area contributed by atoms with Crippen molar-refractivity contribution in [2.45, 2.75) is 30.4 Å². The summed E-state index contributed by atoms with van der Waals surface area (Å²) in [6, 6.07) is 0. The topological polar surface area (TPSA) is 106 Å². The molecular formula is C7H12N2O4. The summed E-state index contributed by atoms with van der Waals surface area (Å²) in [5.74, 6) is -0.464. The predicted octanol–water partition coefficient (Wildman–Crippen LogP) is -1.76. The Labute approximate surface area is 74.5 Å². The molecule has 6 heteroatoms. The van der Waals surface area contributed by atoms with Gasteiger partial charge in [-0.25, -0.2) is 0 Å². The van der Waals surface area contributed by atoms with E-state index in [4.69, 9.17) is 5.11 Å². The smallest absolute Gasteiger partial charge is 0.219 e. The molecule has 0 saturated heterocycles. The summed E-state index contributed by atoms with van der Waals surface area (Å²) in [4.78, 5) is 0. The number of rotatable bonds is 1. The zero-order chi connectivity index (χ0) is 9.64. The van der Waals surface area contributed by atoms with Gasteiger partial charge >= 0.3 is 0 Å². The van der Waals surface area contributed by atoms with Crippen LogP contribution >= 0.6 is 0 Å². The first-order valence-corrected chi connectivity index (χ1v) is 4.20. The van der Waals surface area contributed by atoms with Crippen molar-refractivity contribution in [3.8, 4) is 0 Å². The minimum atomic E-state index is -1.28. The van der Waals surface area contributed by atoms with Crippen molar-refractivity contribution in [2.24, 2.45) is 16.1 Å². The number of hydrogen-bond acceptors (Lipinski definition) is 6. The molecule has 4 atom stereocenters. The maximum Gasteiger partial charge on any atom is 0.219 e. The molecule has 1 spiro atoms. The Bertz CT molecular complexity index is 237. The van der Waals surface area contributed by atoms with Gasteiger partial charge in [0.15, 0.2) is 0 Å². The van der Waals surface area contributed by atoms with Gasteiger partial charge in [0.1, 0.15) is 12.2 Å². The van der Waals surface area contributed by atoms with Gasteiger partial charge in [-0.3, -0.25) is 0 Å². The maximum atomic E-state index is 9.47. The van der Waals surface area contributed by atoms with Gasteiger partial charge in [0.25, 0.3) is 0 Å². The van der Waals surface area contributed by atoms with Crippen molar-refractivity contribution >= 4 is 0 Å². The molecule has 0 unspecified atom stereocenters. The Morgan fingerprint density at radius 1 is 1.15 bits per heavy atom. The van der Waals surface area contributed by atoms with Gasteiger partial charge < -0.3 is 20.4 Å². The van der Waals surface area contributed by atoms with Gasteiger partial charge in [-0.1, -0.05) is 0 Å². The number of hydrogen-bond donors (Lipinski definition) is 4. The Morgan fingerprint density at radius 2 is 1.77 bits per heavy atom. The molecule has 0 bridgehead atoms. The van der Waals surface area contributed by atoms with Crippen LogP contribution < -0.4 is 0 Å². The van der Waals surface area contributed by atoms with Crippen LogP contribution in [0.2, 0.25) is 0 Å². The molecular weight excluding hydrogens is 176 g/mol. The lowest BCUT2D eigenvalue weighted by atomic mass is 9.78. The second-order valence-electron chi connectivity index (χ2n) is 3.65. The summed E-state index contributed by atoms with van der Waals surface area (Å²) in [6.07, 6.45) is -3.23. The Kier molecular flexibility index (Phi) is 1.88. The SMILES string of the molecule is OC[C@H]1CC2(N=N2)[C@H](O)[C@@H](O)[C@@H]1O. The zero-order valence-corrected chi connectivity index (χ0v) is 6.91. The van der Waals surface area contributed by atoms with Crippen LogP contribution in [0.15, 0.2) is 10.2 Å². The van der Waals surface area contributed by atoms with E-state index in [1.54, 1.807) is 0 Å². The van der Waals surface area contributed by atoms with E-state index in [2.05, 4.69) is 10.2 Å². The van der Waals surface area contributed by atoms with Gasteiger partial charge in [0.2, 0.25) is 5.66 Å². The maximum absolute atomic E-state index is 9.47. The quantitative estimate of drug-likeness (QED) is 0.391. The molecule has 1 aliphatic carbocycles. The van der Waals surface area contributed by atoms with E-state index in [-0.39, 0.29) is 6.61 Å². The van der Waals surface area contributed by atoms with Crippen LogP contribution in [0.1, 0.15) is 6.42 Å². The van der Waals surface area contributed by atoms with Crippen LogP contribution in [0.4, 0.5) is 0 Å². The second-order valence-corrected chi connectivity index (χ2v) is 3.65. The molecule has 0 aromatic heterocycles. The first kappa shape index (κ1) is 9.01. The molecule has 2 rings (SSSR count). The van der Waals surface area contributed by atoms with Gasteiger partial charge in [-0.05, 0) is 0 Å². The molecule has 1 saturated carbocycles. The van der Waals surface area contributed by atoms with Crippen LogP contribution in [-0.4, -0.2) is 51.0 Å². The molecule has 0 radical (unpaired) electrons. The number of aliphatic hydroxyl groups is 4. The Balaban J connectivity index is 2.13. The Hall–Kier alpha value is -0.560. The third-order valence-corrected chi connectivity index (χ3v) is 2.78. The number of nitrogens with zero attached hydrogens (tertiary/aromatic N) is 2. The average molecular weight is 188 g/mol. The molecule has 4 N–H and O–H groups in total. The van der Waals surface area contributed by atoms with Gasteiger partial charge in [0.05, 0.1) is 6.10 Å². The largest absolute Gasteiger partial charge is 0.396 e. The minimum absolute atomic E-state index is 0.238. The fraction of sp³-hybridized carbons (Fsp3) is 1.00. The van der Waals surface area contributed by atoms with Gasteiger partial charge in [0, 0.05) is 18.9 Å². The highest BCUT2D eigenvalue weighted by molar-refractivity contribution is 5.10. The van der Waals surface area contributed by atoms with Crippen molar-refractivity contribution in [3.05, 3.63) is 0 Å². The summed E-state index contributed by atoms with van der Waals surface area (Å²) in [7, 11) is 0. The molecule has 1 heterocycles. The van der Waals surface area contributed by atoms with Crippen molar-refractivity contribution in [2.75, 3.05) is 6.61 Å². The summed E-state index contributed by atoms with van der Waals surface area (Å²) in [6.45, 7) is -0.238. The van der Waals surface area contributed by atoms with E-state index >= 15 is 0 Å². The van der Waals surface area contributed by atoms with Crippen molar-refractivity contribution in [1.82, 2.24) is 0 Å². The third-order valence-electron chi connectivity index (χ3n) is 2.78. The van der Waals surface area contributed by atoms with Gasteiger partial charge in [-0.15, -0.1) is 0 Å². The van der Waals surface area contributed by atoms with E-state index in [0.29, 0.717) is 6.42 Å². The van der Waals surface area contributed by atoms with Crippen LogP contribution in [0, 0.1) is 5.92 Å². The van der Waals surface area contributed by atoms with E-state index < -0.39 is 29.9 Å². The first-order chi connectivity index (χ1) is 6.10. The lowest BCUT2D eigenvalue weighted by Gasteiger charge is -2.37. The fourth-order valence-electron chi connectivity index (χ4n) is 1.80. The molecule has 2 aliphatic rings. The first-order valence-electron chi connectivity index (χ1n) is 4.20. The molecule has 0 aromatic carbocycles. The van der Waals surface area contributed by atoms with Crippen LogP contribution in [0.3, 0.4) is 0 Å². The highest BCUT2D eigenvalue weighted by Crippen LogP contribution is 2.44. The van der Waals surface area contributed by atoms with E-state index in [9.17, 15) is 15.3 Å². The molecule has 0 aromatic rings. The van der Waals surface area contributed by atoms with Gasteiger partial charge in [-0.2, -0.15) is 10.2 Å². The van der Waals surface area contributed by atoms with Crippen LogP contribution in [0.5, 0.6) is 0 Å². The molecule has 13 heavy (non-hydrogen) atoms. The fourth-order valence-corrected chi connectivity index (χ4v) is 1.80. The lowest BCUT2D eigenvalue weighted by molar-refractivity contribution is -0.134. The molecule has 1 aliphatic heterocycles. The zero-order valence-electron chi connectivity index (χ0n) is 6.91. The monoisotopic (exact) mass is 188 g/mol. The normalized spacial score (nSPS) is 46.8. The number of aliphatic hydroxyl groups excluding tert-OH is 4. The second kappa shape index (κ2) is 2.71. The summed E-state index contributed by atoms with van der Waals surface area (Å²) in [5.41, 5.74) is -0.952. The van der Waals surface area contributed by atoms with Crippen molar-refractivity contribution in [3.63, 3.8) is 0 Å². The Morgan fingerprint density at radius 3 is 2.23 bits per heavy atom. The minimum Gasteiger partial charge on any atom is -0.396 e. The third kappa shape index (κ3) is 1.18. The highest BCUT2D eigenvalue weighted by atomic mass is 16.4. The predicted molar refractivity (Wildman–Crippen MR) is 40.8 cm³/mol. The molecule has 74 valence electrons. The highest BCUT2D eigenvalue weighted by Gasteiger charge is 2.58. The molecule has 6 nitrogen and oxygen atoms in total. The lowest BCUT2D eigenvalue weighted by Crippen LogP contribution is -2.56. The van der Waals surface area contributed by atoms with E-state index in [1.807, 2.05) is 0 Å². The van der Waals surface area contributed by atoms with Crippen LogP contribution in [0.25, 0.3) is 0 Å². The molecule has 1 fully saturated rings. The summed E-state index contributed by atoms with van der Waals surface area (Å²) < 4.78 is 0. The van der Waals surface area contributed by atoms with E-state index in [1.165, 1.54) is 0 Å². The summed E-state index contributed by atoms with van der Waals surface area (Å²) in [5, 5.41) is 44.5.